The van der Waals surface area contributed by atoms with Gasteiger partial charge in [0.25, 0.3) is 5.91 Å². The lowest BCUT2D eigenvalue weighted by Gasteiger charge is -2.15. The molecule has 2 N–H and O–H groups in total. The monoisotopic (exact) mass is 387 g/mol. The number of sulfone groups is 1. The molecule has 27 heavy (non-hydrogen) atoms. The normalized spacial score (nSPS) is 12.6. The quantitative estimate of drug-likeness (QED) is 0.704. The Morgan fingerprint density at radius 2 is 1.74 bits per heavy atom. The summed E-state index contributed by atoms with van der Waals surface area (Å²) in [6.45, 7) is 1.80. The van der Waals surface area contributed by atoms with Crippen molar-refractivity contribution >= 4 is 15.7 Å². The molecule has 0 spiro atoms. The molecule has 8 heteroatoms. The maximum Gasteiger partial charge on any atom is 0.255 e. The van der Waals surface area contributed by atoms with E-state index in [4.69, 9.17) is 0 Å². The van der Waals surface area contributed by atoms with Gasteiger partial charge in [-0.2, -0.15) is 5.10 Å². The highest BCUT2D eigenvalue weighted by Gasteiger charge is 2.18. The number of amides is 1. The van der Waals surface area contributed by atoms with E-state index in [1.54, 1.807) is 31.2 Å². The van der Waals surface area contributed by atoms with E-state index in [2.05, 4.69) is 15.5 Å². The molecule has 140 valence electrons. The first-order valence-electron chi connectivity index (χ1n) is 8.16. The molecular weight excluding hydrogens is 369 g/mol. The maximum atomic E-state index is 13.1. The Morgan fingerprint density at radius 1 is 1.11 bits per heavy atom. The van der Waals surface area contributed by atoms with E-state index in [1.165, 1.54) is 30.5 Å². The second-order valence-electron chi connectivity index (χ2n) is 6.20. The number of aromatic amines is 1. The van der Waals surface area contributed by atoms with Gasteiger partial charge in [0.05, 0.1) is 28.4 Å². The summed E-state index contributed by atoms with van der Waals surface area (Å²) in [6, 6.07) is 11.7. The van der Waals surface area contributed by atoms with Crippen molar-refractivity contribution in [3.8, 4) is 11.3 Å². The highest BCUT2D eigenvalue weighted by molar-refractivity contribution is 7.90. The van der Waals surface area contributed by atoms with Crippen LogP contribution < -0.4 is 5.32 Å². The number of halogens is 1. The fraction of sp³-hybridized carbons (Fsp3) is 0.158. The Kier molecular flexibility index (Phi) is 5.09. The molecule has 1 aromatic heterocycles. The molecular formula is C19H18FN3O3S. The van der Waals surface area contributed by atoms with Crippen molar-refractivity contribution in [1.82, 2.24) is 15.5 Å². The van der Waals surface area contributed by atoms with Crippen molar-refractivity contribution in [3.05, 3.63) is 71.7 Å². The van der Waals surface area contributed by atoms with E-state index >= 15 is 0 Å². The van der Waals surface area contributed by atoms with Gasteiger partial charge in [-0.1, -0.05) is 12.1 Å². The zero-order chi connectivity index (χ0) is 19.6. The van der Waals surface area contributed by atoms with Crippen LogP contribution in [0.15, 0.2) is 59.6 Å². The first-order valence-corrected chi connectivity index (χ1v) is 10.0. The Bertz CT molecular complexity index is 1060. The molecule has 0 saturated heterocycles. The molecule has 0 aliphatic heterocycles. The highest BCUT2D eigenvalue weighted by atomic mass is 32.2. The topological polar surface area (TPSA) is 91.9 Å². The summed E-state index contributed by atoms with van der Waals surface area (Å²) < 4.78 is 36.2. The van der Waals surface area contributed by atoms with Crippen LogP contribution in [0.5, 0.6) is 0 Å². The molecule has 6 nitrogen and oxygen atoms in total. The number of nitrogens with one attached hydrogen (secondary N) is 2. The largest absolute Gasteiger partial charge is 0.345 e. The van der Waals surface area contributed by atoms with Gasteiger partial charge in [-0.3, -0.25) is 9.89 Å². The SMILES string of the molecule is C[C@H](NC(=O)c1cn[nH]c1-c1ccc(F)cc1)c1ccc(S(C)(=O)=O)cc1. The second kappa shape index (κ2) is 7.32. The first-order chi connectivity index (χ1) is 12.8. The highest BCUT2D eigenvalue weighted by Crippen LogP contribution is 2.23. The van der Waals surface area contributed by atoms with Gasteiger partial charge in [0.1, 0.15) is 5.82 Å². The lowest BCUT2D eigenvalue weighted by atomic mass is 10.1. The second-order valence-corrected chi connectivity index (χ2v) is 8.22. The number of rotatable bonds is 5. The van der Waals surface area contributed by atoms with Gasteiger partial charge >= 0.3 is 0 Å². The third-order valence-corrected chi connectivity index (χ3v) is 5.30. The summed E-state index contributed by atoms with van der Waals surface area (Å²) in [5, 5.41) is 9.53. The van der Waals surface area contributed by atoms with Crippen LogP contribution in [0.2, 0.25) is 0 Å². The summed E-state index contributed by atoms with van der Waals surface area (Å²) in [5.41, 5.74) is 2.24. The third kappa shape index (κ3) is 4.22. The maximum absolute atomic E-state index is 13.1. The van der Waals surface area contributed by atoms with E-state index in [1.807, 2.05) is 0 Å². The van der Waals surface area contributed by atoms with Crippen LogP contribution in [0, 0.1) is 5.82 Å². The molecule has 0 fully saturated rings. The van der Waals surface area contributed by atoms with Crippen LogP contribution >= 0.6 is 0 Å². The predicted molar refractivity (Wildman–Crippen MR) is 99.4 cm³/mol. The molecule has 3 rings (SSSR count). The minimum atomic E-state index is -3.27. The summed E-state index contributed by atoms with van der Waals surface area (Å²) in [7, 11) is -3.27. The first kappa shape index (κ1) is 18.8. The van der Waals surface area contributed by atoms with Crippen molar-refractivity contribution in [2.75, 3.05) is 6.26 Å². The molecule has 0 unspecified atom stereocenters. The Morgan fingerprint density at radius 3 is 2.33 bits per heavy atom. The van der Waals surface area contributed by atoms with Gasteiger partial charge < -0.3 is 5.32 Å². The minimum absolute atomic E-state index is 0.221. The number of H-pyrrole nitrogens is 1. The van der Waals surface area contributed by atoms with Crippen LogP contribution in [0.25, 0.3) is 11.3 Å². The lowest BCUT2D eigenvalue weighted by molar-refractivity contribution is 0.0940. The molecule has 1 heterocycles. The summed E-state index contributed by atoms with van der Waals surface area (Å²) >= 11 is 0. The van der Waals surface area contributed by atoms with E-state index < -0.39 is 9.84 Å². The standard InChI is InChI=1S/C19H18FN3O3S/c1-12(13-5-9-16(10-6-13)27(2,25)26)22-19(24)17-11-21-23-18(17)14-3-7-15(20)8-4-14/h3-12H,1-2H3,(H,21,23)(H,22,24)/t12-/m0/s1. The van der Waals surface area contributed by atoms with Gasteiger partial charge in [0.2, 0.25) is 0 Å². The molecule has 0 aliphatic carbocycles. The molecule has 3 aromatic rings. The van der Waals surface area contributed by atoms with E-state index in [0.717, 1.165) is 11.8 Å². The van der Waals surface area contributed by atoms with Crippen molar-refractivity contribution in [1.29, 1.82) is 0 Å². The van der Waals surface area contributed by atoms with Gasteiger partial charge in [-0.25, -0.2) is 12.8 Å². The molecule has 0 radical (unpaired) electrons. The number of aromatic nitrogens is 2. The molecule has 0 bridgehead atoms. The summed E-state index contributed by atoms with van der Waals surface area (Å²) in [6.07, 6.45) is 2.55. The smallest absolute Gasteiger partial charge is 0.255 e. The minimum Gasteiger partial charge on any atom is -0.345 e. The van der Waals surface area contributed by atoms with E-state index in [9.17, 15) is 17.6 Å². The Hall–Kier alpha value is -3.00. The molecule has 2 aromatic carbocycles. The van der Waals surface area contributed by atoms with Crippen LogP contribution in [-0.2, 0) is 9.84 Å². The van der Waals surface area contributed by atoms with E-state index in [-0.39, 0.29) is 22.7 Å². The predicted octanol–water partition coefficient (Wildman–Crippen LogP) is 3.11. The van der Waals surface area contributed by atoms with Crippen molar-refractivity contribution in [2.45, 2.75) is 17.9 Å². The number of benzene rings is 2. The number of nitrogens with zero attached hydrogens (tertiary/aromatic N) is 1. The summed E-state index contributed by atoms with van der Waals surface area (Å²) in [5.74, 6) is -0.710. The molecule has 0 saturated carbocycles. The molecule has 1 atom stereocenters. The van der Waals surface area contributed by atoms with Crippen molar-refractivity contribution in [3.63, 3.8) is 0 Å². The van der Waals surface area contributed by atoms with Crippen LogP contribution in [-0.4, -0.2) is 30.8 Å². The Balaban J connectivity index is 1.78. The average Bonchev–Trinajstić information content (AvgIpc) is 3.11. The molecule has 1 amide bonds. The zero-order valence-corrected chi connectivity index (χ0v) is 15.5. The van der Waals surface area contributed by atoms with Gasteiger partial charge in [-0.05, 0) is 48.9 Å². The Labute approximate surface area is 156 Å². The number of carbonyl (C=O) groups is 1. The van der Waals surface area contributed by atoms with Crippen LogP contribution in [0.3, 0.4) is 0 Å². The number of carbonyl (C=O) groups excluding carboxylic acids is 1. The number of hydrogen-bond donors (Lipinski definition) is 2. The van der Waals surface area contributed by atoms with Gasteiger partial charge in [-0.15, -0.1) is 0 Å². The zero-order valence-electron chi connectivity index (χ0n) is 14.7. The van der Waals surface area contributed by atoms with Crippen molar-refractivity contribution < 1.29 is 17.6 Å². The van der Waals surface area contributed by atoms with E-state index in [0.29, 0.717) is 16.8 Å². The van der Waals surface area contributed by atoms with Gasteiger partial charge in [0, 0.05) is 11.8 Å². The summed E-state index contributed by atoms with van der Waals surface area (Å²) in [4.78, 5) is 12.9. The molecule has 0 aliphatic rings. The number of hydrogen-bond acceptors (Lipinski definition) is 4. The fourth-order valence-corrected chi connectivity index (χ4v) is 3.29. The average molecular weight is 387 g/mol. The van der Waals surface area contributed by atoms with Crippen LogP contribution in [0.1, 0.15) is 28.9 Å². The van der Waals surface area contributed by atoms with Crippen LogP contribution in [0.4, 0.5) is 4.39 Å². The third-order valence-electron chi connectivity index (χ3n) is 4.17. The lowest BCUT2D eigenvalue weighted by Crippen LogP contribution is -2.26. The van der Waals surface area contributed by atoms with Gasteiger partial charge in [0.15, 0.2) is 9.84 Å². The fourth-order valence-electron chi connectivity index (χ4n) is 2.66. The van der Waals surface area contributed by atoms with Crippen molar-refractivity contribution in [2.24, 2.45) is 0 Å².